The molecule has 0 atom stereocenters. The van der Waals surface area contributed by atoms with Crippen molar-refractivity contribution in [1.29, 1.82) is 0 Å². The van der Waals surface area contributed by atoms with Gasteiger partial charge in [-0.05, 0) is 29.8 Å². The van der Waals surface area contributed by atoms with Crippen LogP contribution in [0.25, 0.3) is 11.5 Å². The molecule has 0 aliphatic rings. The summed E-state index contributed by atoms with van der Waals surface area (Å²) in [5.74, 6) is 0.700. The molecule has 4 aromatic heterocycles. The van der Waals surface area contributed by atoms with Crippen LogP contribution >= 0.6 is 0 Å². The molecular formula is C17H14N6O2. The number of H-pyrrole nitrogens is 1. The maximum Gasteiger partial charge on any atom is 0.260 e. The van der Waals surface area contributed by atoms with Crippen molar-refractivity contribution in [1.82, 2.24) is 25.0 Å². The highest BCUT2D eigenvalue weighted by Crippen LogP contribution is 2.22. The highest BCUT2D eigenvalue weighted by Gasteiger charge is 2.17. The Balaban J connectivity index is 1.48. The number of hydrogen-bond acceptors (Lipinski definition) is 5. The maximum absolute atomic E-state index is 12.5. The molecule has 0 aromatic carbocycles. The van der Waals surface area contributed by atoms with Crippen LogP contribution in [0, 0.1) is 0 Å². The van der Waals surface area contributed by atoms with Gasteiger partial charge >= 0.3 is 0 Å². The number of anilines is 1. The number of nitrogens with one attached hydrogen (secondary N) is 2. The van der Waals surface area contributed by atoms with E-state index in [2.05, 4.69) is 25.6 Å². The average Bonchev–Trinajstić information content (AvgIpc) is 3.37. The predicted molar refractivity (Wildman–Crippen MR) is 89.8 cm³/mol. The van der Waals surface area contributed by atoms with Gasteiger partial charge in [-0.1, -0.05) is 0 Å². The van der Waals surface area contributed by atoms with E-state index in [1.54, 1.807) is 47.7 Å². The van der Waals surface area contributed by atoms with Crippen molar-refractivity contribution >= 4 is 11.7 Å². The van der Waals surface area contributed by atoms with Crippen LogP contribution in [0.3, 0.4) is 0 Å². The molecular weight excluding hydrogens is 320 g/mol. The topological polar surface area (TPSA) is 102 Å². The van der Waals surface area contributed by atoms with E-state index in [4.69, 9.17) is 4.42 Å². The van der Waals surface area contributed by atoms with Crippen LogP contribution in [-0.4, -0.2) is 30.9 Å². The van der Waals surface area contributed by atoms with Gasteiger partial charge in [0.05, 0.1) is 24.6 Å². The minimum absolute atomic E-state index is 0.311. The maximum atomic E-state index is 12.5. The Morgan fingerprint density at radius 3 is 2.92 bits per heavy atom. The van der Waals surface area contributed by atoms with Crippen molar-refractivity contribution in [3.63, 3.8) is 0 Å². The van der Waals surface area contributed by atoms with Crippen LogP contribution in [0.5, 0.6) is 0 Å². The number of furan rings is 1. The lowest BCUT2D eigenvalue weighted by molar-refractivity contribution is 0.102. The Hall–Kier alpha value is -3.68. The second kappa shape index (κ2) is 6.44. The molecule has 0 aliphatic heterocycles. The van der Waals surface area contributed by atoms with E-state index in [-0.39, 0.29) is 5.91 Å². The van der Waals surface area contributed by atoms with Crippen molar-refractivity contribution in [3.8, 4) is 11.5 Å². The third-order valence-corrected chi connectivity index (χ3v) is 3.63. The Labute approximate surface area is 142 Å². The number of rotatable bonds is 5. The van der Waals surface area contributed by atoms with Gasteiger partial charge in [0.1, 0.15) is 5.69 Å². The van der Waals surface area contributed by atoms with E-state index in [0.29, 0.717) is 29.4 Å². The van der Waals surface area contributed by atoms with E-state index in [0.717, 1.165) is 5.56 Å². The highest BCUT2D eigenvalue weighted by molar-refractivity contribution is 6.07. The minimum Gasteiger partial charge on any atom is -0.463 e. The Bertz CT molecular complexity index is 972. The van der Waals surface area contributed by atoms with E-state index < -0.39 is 0 Å². The van der Waals surface area contributed by atoms with Gasteiger partial charge in [-0.3, -0.25) is 19.6 Å². The smallest absolute Gasteiger partial charge is 0.260 e. The Kier molecular flexibility index (Phi) is 3.83. The van der Waals surface area contributed by atoms with E-state index >= 15 is 0 Å². The van der Waals surface area contributed by atoms with Crippen LogP contribution < -0.4 is 5.32 Å². The lowest BCUT2D eigenvalue weighted by Gasteiger charge is -2.03. The van der Waals surface area contributed by atoms with Crippen LogP contribution in [0.1, 0.15) is 15.9 Å². The quantitative estimate of drug-likeness (QED) is 0.584. The molecule has 0 unspecified atom stereocenters. The third-order valence-electron chi connectivity index (χ3n) is 3.63. The minimum atomic E-state index is -0.311. The van der Waals surface area contributed by atoms with Crippen LogP contribution in [0.2, 0.25) is 0 Å². The average molecular weight is 334 g/mol. The van der Waals surface area contributed by atoms with Gasteiger partial charge < -0.3 is 9.73 Å². The van der Waals surface area contributed by atoms with Crippen molar-refractivity contribution in [2.75, 3.05) is 5.32 Å². The summed E-state index contributed by atoms with van der Waals surface area (Å²) >= 11 is 0. The van der Waals surface area contributed by atoms with Crippen LogP contribution in [0.4, 0.5) is 5.82 Å². The van der Waals surface area contributed by atoms with Gasteiger partial charge in [0.2, 0.25) is 0 Å². The fourth-order valence-electron chi connectivity index (χ4n) is 2.44. The lowest BCUT2D eigenvalue weighted by Crippen LogP contribution is -2.13. The van der Waals surface area contributed by atoms with Gasteiger partial charge in [0.15, 0.2) is 11.6 Å². The number of aromatic amines is 1. The normalized spacial score (nSPS) is 10.7. The highest BCUT2D eigenvalue weighted by atomic mass is 16.3. The molecule has 8 nitrogen and oxygen atoms in total. The van der Waals surface area contributed by atoms with E-state index in [9.17, 15) is 4.79 Å². The number of amides is 1. The fourth-order valence-corrected chi connectivity index (χ4v) is 2.44. The molecule has 0 radical (unpaired) electrons. The summed E-state index contributed by atoms with van der Waals surface area (Å²) in [5.41, 5.74) is 1.99. The zero-order valence-electron chi connectivity index (χ0n) is 13.1. The van der Waals surface area contributed by atoms with E-state index in [1.807, 2.05) is 12.1 Å². The summed E-state index contributed by atoms with van der Waals surface area (Å²) in [6.07, 6.45) is 8.27. The zero-order chi connectivity index (χ0) is 17.1. The van der Waals surface area contributed by atoms with Crippen LogP contribution in [0.15, 0.2) is 65.8 Å². The second-order valence-corrected chi connectivity index (χ2v) is 5.34. The van der Waals surface area contributed by atoms with Crippen molar-refractivity contribution < 1.29 is 9.21 Å². The van der Waals surface area contributed by atoms with Gasteiger partial charge in [0, 0.05) is 24.7 Å². The van der Waals surface area contributed by atoms with Crippen molar-refractivity contribution in [3.05, 3.63) is 72.5 Å². The standard InChI is InChI=1S/C17H14N6O2/c24-17(13-10-19-21-16(13)14-2-1-9-25-14)20-15-5-8-23(22-15)11-12-3-6-18-7-4-12/h1-10H,11H2,(H,19,21)(H,20,22,24). The summed E-state index contributed by atoms with van der Waals surface area (Å²) in [6, 6.07) is 9.08. The van der Waals surface area contributed by atoms with E-state index in [1.165, 1.54) is 6.20 Å². The van der Waals surface area contributed by atoms with Gasteiger partial charge in [-0.2, -0.15) is 10.2 Å². The molecule has 4 aromatic rings. The Morgan fingerprint density at radius 1 is 1.24 bits per heavy atom. The molecule has 4 heterocycles. The first-order valence-corrected chi connectivity index (χ1v) is 7.60. The molecule has 2 N–H and O–H groups in total. The molecule has 0 saturated carbocycles. The second-order valence-electron chi connectivity index (χ2n) is 5.34. The molecule has 0 saturated heterocycles. The van der Waals surface area contributed by atoms with Crippen molar-refractivity contribution in [2.45, 2.75) is 6.54 Å². The molecule has 124 valence electrons. The van der Waals surface area contributed by atoms with Crippen molar-refractivity contribution in [2.24, 2.45) is 0 Å². The summed E-state index contributed by atoms with van der Waals surface area (Å²) in [7, 11) is 0. The predicted octanol–water partition coefficient (Wildman–Crippen LogP) is 2.56. The first-order valence-electron chi connectivity index (χ1n) is 7.60. The first-order chi connectivity index (χ1) is 12.3. The van der Waals surface area contributed by atoms with Gasteiger partial charge in [-0.25, -0.2) is 0 Å². The molecule has 0 spiro atoms. The molecule has 8 heteroatoms. The lowest BCUT2D eigenvalue weighted by atomic mass is 10.2. The molecule has 1 amide bonds. The molecule has 0 aliphatic carbocycles. The number of nitrogens with zero attached hydrogens (tertiary/aromatic N) is 4. The summed E-state index contributed by atoms with van der Waals surface area (Å²) < 4.78 is 7.06. The number of aromatic nitrogens is 5. The Morgan fingerprint density at radius 2 is 2.12 bits per heavy atom. The largest absolute Gasteiger partial charge is 0.463 e. The molecule has 0 fully saturated rings. The number of carbonyl (C=O) groups excluding carboxylic acids is 1. The monoisotopic (exact) mass is 334 g/mol. The molecule has 0 bridgehead atoms. The number of hydrogen-bond donors (Lipinski definition) is 2. The summed E-state index contributed by atoms with van der Waals surface area (Å²) in [4.78, 5) is 16.5. The number of pyridine rings is 1. The third kappa shape index (κ3) is 3.18. The summed E-state index contributed by atoms with van der Waals surface area (Å²) in [6.45, 7) is 0.599. The van der Waals surface area contributed by atoms with Crippen LogP contribution in [-0.2, 0) is 6.54 Å². The SMILES string of the molecule is O=C(Nc1ccn(Cc2ccncc2)n1)c1cn[nH]c1-c1ccco1. The molecule has 25 heavy (non-hydrogen) atoms. The summed E-state index contributed by atoms with van der Waals surface area (Å²) in [5, 5.41) is 13.8. The number of carbonyl (C=O) groups is 1. The van der Waals surface area contributed by atoms with Gasteiger partial charge in [-0.15, -0.1) is 0 Å². The zero-order valence-corrected chi connectivity index (χ0v) is 13.1. The first kappa shape index (κ1) is 14.9. The molecule has 4 rings (SSSR count). The van der Waals surface area contributed by atoms with Gasteiger partial charge in [0.25, 0.3) is 5.91 Å². The fraction of sp³-hybridized carbons (Fsp3) is 0.0588.